The van der Waals surface area contributed by atoms with E-state index in [2.05, 4.69) is 61.5 Å². The van der Waals surface area contributed by atoms with E-state index >= 15 is 0 Å². The molecule has 46 heavy (non-hydrogen) atoms. The molecule has 0 aliphatic carbocycles. The molecule has 1 fully saturated rings. The maximum atomic E-state index is 6.82. The summed E-state index contributed by atoms with van der Waals surface area (Å²) in [6.07, 6.45) is 6.17. The van der Waals surface area contributed by atoms with Crippen molar-refractivity contribution in [2.75, 3.05) is 6.61 Å². The second-order valence-corrected chi connectivity index (χ2v) is 11.9. The lowest BCUT2D eigenvalue weighted by molar-refractivity contribution is -0.223. The third-order valence-corrected chi connectivity index (χ3v) is 8.20. The molecular formula is C41H48O5. The second kappa shape index (κ2) is 19.0. The maximum absolute atomic E-state index is 6.82. The summed E-state index contributed by atoms with van der Waals surface area (Å²) < 4.78 is 33.4. The van der Waals surface area contributed by atoms with Gasteiger partial charge in [-0.25, -0.2) is 0 Å². The molecule has 4 aromatic rings. The molecule has 1 aliphatic heterocycles. The van der Waals surface area contributed by atoms with Gasteiger partial charge in [0, 0.05) is 0 Å². The van der Waals surface area contributed by atoms with Gasteiger partial charge < -0.3 is 23.7 Å². The molecule has 4 atom stereocenters. The van der Waals surface area contributed by atoms with E-state index in [-0.39, 0.29) is 6.10 Å². The predicted octanol–water partition coefficient (Wildman–Crippen LogP) is 9.21. The fraction of sp³-hybridized carbons (Fsp3) is 0.366. The second-order valence-electron chi connectivity index (χ2n) is 11.9. The van der Waals surface area contributed by atoms with Gasteiger partial charge in [0.2, 0.25) is 0 Å². The molecule has 5 rings (SSSR count). The molecule has 1 aliphatic rings. The molecule has 4 aromatic carbocycles. The quantitative estimate of drug-likeness (QED) is 0.104. The van der Waals surface area contributed by atoms with Crippen LogP contribution in [0.3, 0.4) is 0 Å². The van der Waals surface area contributed by atoms with E-state index in [1.807, 2.05) is 72.8 Å². The summed E-state index contributed by atoms with van der Waals surface area (Å²) in [5.74, 6) is 0.804. The fourth-order valence-corrected chi connectivity index (χ4v) is 5.69. The van der Waals surface area contributed by atoms with Crippen LogP contribution in [-0.4, -0.2) is 31.0 Å². The standard InChI is InChI=1S/C41H48O5/c1-2-3-4-5-18-27-37-39(43-29-34-21-12-7-13-22-34)41(45-31-36-25-16-9-17-26-36)40(44-30-35-23-14-8-15-24-35)38(46-37)32-42-28-33-19-10-6-11-20-33/h6-17,19-27,38-41H,2-5,18,28-32H2,1H3/t38?,39?,40-,41?/m1/s1. The first kappa shape index (κ1) is 33.6. The minimum Gasteiger partial charge on any atom is -0.487 e. The van der Waals surface area contributed by atoms with Crippen molar-refractivity contribution in [2.45, 2.75) is 89.9 Å². The summed E-state index contributed by atoms with van der Waals surface area (Å²) in [6, 6.07) is 41.0. The lowest BCUT2D eigenvalue weighted by Crippen LogP contribution is -2.56. The number of allylic oxidation sites excluding steroid dienone is 1. The van der Waals surface area contributed by atoms with Gasteiger partial charge in [0.15, 0.2) is 6.10 Å². The number of benzene rings is 4. The molecule has 0 amide bonds. The zero-order chi connectivity index (χ0) is 31.7. The minimum atomic E-state index is -0.443. The Labute approximate surface area is 275 Å². The summed E-state index contributed by atoms with van der Waals surface area (Å²) in [6.45, 7) is 4.39. The van der Waals surface area contributed by atoms with Crippen molar-refractivity contribution >= 4 is 0 Å². The van der Waals surface area contributed by atoms with Crippen LogP contribution in [0.25, 0.3) is 0 Å². The molecule has 0 saturated carbocycles. The van der Waals surface area contributed by atoms with Gasteiger partial charge in [-0.1, -0.05) is 148 Å². The minimum absolute atomic E-state index is 0.359. The SMILES string of the molecule is CCCCCCC=C1OC(COCc2ccccc2)[C@@H](OCc2ccccc2)C(OCc2ccccc2)C1OCc1ccccc1. The van der Waals surface area contributed by atoms with E-state index in [4.69, 9.17) is 23.7 Å². The average Bonchev–Trinajstić information content (AvgIpc) is 3.11. The van der Waals surface area contributed by atoms with Gasteiger partial charge in [-0.2, -0.15) is 0 Å². The third-order valence-electron chi connectivity index (χ3n) is 8.20. The van der Waals surface area contributed by atoms with E-state index in [0.29, 0.717) is 33.0 Å². The fourth-order valence-electron chi connectivity index (χ4n) is 5.69. The molecule has 242 valence electrons. The number of hydrogen-bond donors (Lipinski definition) is 0. The van der Waals surface area contributed by atoms with E-state index < -0.39 is 18.3 Å². The predicted molar refractivity (Wildman–Crippen MR) is 183 cm³/mol. The zero-order valence-corrected chi connectivity index (χ0v) is 27.0. The van der Waals surface area contributed by atoms with Crippen LogP contribution in [0, 0.1) is 0 Å². The molecule has 5 nitrogen and oxygen atoms in total. The molecular weight excluding hydrogens is 572 g/mol. The summed E-state index contributed by atoms with van der Waals surface area (Å²) in [5, 5.41) is 0. The van der Waals surface area contributed by atoms with Crippen LogP contribution in [-0.2, 0) is 50.1 Å². The van der Waals surface area contributed by atoms with E-state index in [1.54, 1.807) is 0 Å². The first-order valence-corrected chi connectivity index (χ1v) is 16.7. The number of hydrogen-bond acceptors (Lipinski definition) is 5. The molecule has 0 aromatic heterocycles. The number of unbranched alkanes of at least 4 members (excludes halogenated alkanes) is 4. The summed E-state index contributed by atoms with van der Waals surface area (Å²) >= 11 is 0. The van der Waals surface area contributed by atoms with Crippen LogP contribution < -0.4 is 0 Å². The number of ether oxygens (including phenoxy) is 5. The molecule has 3 unspecified atom stereocenters. The Morgan fingerprint density at radius 1 is 0.543 bits per heavy atom. The molecule has 0 N–H and O–H groups in total. The Morgan fingerprint density at radius 2 is 1.02 bits per heavy atom. The molecule has 0 radical (unpaired) electrons. The largest absolute Gasteiger partial charge is 0.487 e. The monoisotopic (exact) mass is 620 g/mol. The lowest BCUT2D eigenvalue weighted by Gasteiger charge is -2.43. The highest BCUT2D eigenvalue weighted by atomic mass is 16.6. The van der Waals surface area contributed by atoms with Gasteiger partial charge in [0.25, 0.3) is 0 Å². The van der Waals surface area contributed by atoms with Crippen molar-refractivity contribution in [3.63, 3.8) is 0 Å². The molecule has 0 spiro atoms. The Balaban J connectivity index is 1.43. The number of rotatable bonds is 18. The van der Waals surface area contributed by atoms with Gasteiger partial charge in [0.05, 0.1) is 33.0 Å². The highest BCUT2D eigenvalue weighted by Gasteiger charge is 2.46. The van der Waals surface area contributed by atoms with Crippen molar-refractivity contribution in [3.05, 3.63) is 155 Å². The van der Waals surface area contributed by atoms with Crippen LogP contribution in [0.2, 0.25) is 0 Å². The van der Waals surface area contributed by atoms with E-state index in [9.17, 15) is 0 Å². The first-order chi connectivity index (χ1) is 22.8. The highest BCUT2D eigenvalue weighted by molar-refractivity contribution is 5.18. The van der Waals surface area contributed by atoms with Crippen LogP contribution in [0.5, 0.6) is 0 Å². The summed E-state index contributed by atoms with van der Waals surface area (Å²) in [5.41, 5.74) is 4.40. The Morgan fingerprint density at radius 3 is 1.54 bits per heavy atom. The molecule has 1 saturated heterocycles. The van der Waals surface area contributed by atoms with Crippen LogP contribution in [0.4, 0.5) is 0 Å². The molecule has 1 heterocycles. The van der Waals surface area contributed by atoms with Gasteiger partial charge in [0.1, 0.15) is 24.1 Å². The van der Waals surface area contributed by atoms with Crippen molar-refractivity contribution in [1.82, 2.24) is 0 Å². The maximum Gasteiger partial charge on any atom is 0.150 e. The van der Waals surface area contributed by atoms with Crippen molar-refractivity contribution in [2.24, 2.45) is 0 Å². The Kier molecular flexibility index (Phi) is 13.9. The van der Waals surface area contributed by atoms with Crippen LogP contribution in [0.1, 0.15) is 61.3 Å². The van der Waals surface area contributed by atoms with Crippen molar-refractivity contribution in [3.8, 4) is 0 Å². The van der Waals surface area contributed by atoms with Gasteiger partial charge >= 0.3 is 0 Å². The van der Waals surface area contributed by atoms with Gasteiger partial charge in [-0.05, 0) is 41.2 Å². The van der Waals surface area contributed by atoms with Crippen LogP contribution >= 0.6 is 0 Å². The zero-order valence-electron chi connectivity index (χ0n) is 27.0. The topological polar surface area (TPSA) is 46.2 Å². The normalized spacial score (nSPS) is 20.4. The van der Waals surface area contributed by atoms with Gasteiger partial charge in [-0.3, -0.25) is 0 Å². The Bertz CT molecular complexity index is 1390. The first-order valence-electron chi connectivity index (χ1n) is 16.7. The van der Waals surface area contributed by atoms with Crippen LogP contribution in [0.15, 0.2) is 133 Å². The van der Waals surface area contributed by atoms with Crippen molar-refractivity contribution in [1.29, 1.82) is 0 Å². The summed E-state index contributed by atoms with van der Waals surface area (Å²) in [4.78, 5) is 0. The van der Waals surface area contributed by atoms with E-state index in [0.717, 1.165) is 40.9 Å². The van der Waals surface area contributed by atoms with E-state index in [1.165, 1.54) is 19.3 Å². The lowest BCUT2D eigenvalue weighted by atomic mass is 9.96. The van der Waals surface area contributed by atoms with Gasteiger partial charge in [-0.15, -0.1) is 0 Å². The molecule has 5 heteroatoms. The highest BCUT2D eigenvalue weighted by Crippen LogP contribution is 2.33. The average molecular weight is 621 g/mol. The third kappa shape index (κ3) is 10.7. The molecule has 0 bridgehead atoms. The van der Waals surface area contributed by atoms with Crippen molar-refractivity contribution < 1.29 is 23.7 Å². The Hall–Kier alpha value is -3.74. The smallest absolute Gasteiger partial charge is 0.150 e. The summed E-state index contributed by atoms with van der Waals surface area (Å²) in [7, 11) is 0.